The summed E-state index contributed by atoms with van der Waals surface area (Å²) in [6, 6.07) is 16.5. The van der Waals surface area contributed by atoms with Crippen molar-refractivity contribution in [1.82, 2.24) is 34.1 Å². The second-order valence-corrected chi connectivity index (χ2v) is 7.61. The van der Waals surface area contributed by atoms with Crippen LogP contribution in [0.3, 0.4) is 0 Å². The van der Waals surface area contributed by atoms with Crippen LogP contribution in [0.2, 0.25) is 5.02 Å². The average Bonchev–Trinajstić information content (AvgIpc) is 3.55. The van der Waals surface area contributed by atoms with Crippen LogP contribution in [0.4, 0.5) is 0 Å². The Balaban J connectivity index is 1.82. The van der Waals surface area contributed by atoms with Crippen molar-refractivity contribution in [2.24, 2.45) is 0 Å². The van der Waals surface area contributed by atoms with E-state index in [4.69, 9.17) is 16.3 Å². The van der Waals surface area contributed by atoms with Crippen molar-refractivity contribution in [2.45, 2.75) is 6.54 Å². The summed E-state index contributed by atoms with van der Waals surface area (Å²) >= 11 is 6.25. The van der Waals surface area contributed by atoms with Gasteiger partial charge in [0.15, 0.2) is 0 Å². The number of nitrogens with zero attached hydrogens (tertiary/aromatic N) is 7. The van der Waals surface area contributed by atoms with Crippen molar-refractivity contribution in [3.63, 3.8) is 0 Å². The van der Waals surface area contributed by atoms with Crippen LogP contribution in [0.5, 0.6) is 5.75 Å². The van der Waals surface area contributed by atoms with E-state index >= 15 is 0 Å². The second-order valence-electron chi connectivity index (χ2n) is 7.18. The predicted molar refractivity (Wildman–Crippen MR) is 123 cm³/mol. The second kappa shape index (κ2) is 8.71. The Bertz CT molecular complexity index is 1440. The van der Waals surface area contributed by atoms with Crippen LogP contribution in [0.1, 0.15) is 5.56 Å². The van der Waals surface area contributed by atoms with Gasteiger partial charge in [0.2, 0.25) is 0 Å². The molecule has 5 aromatic rings. The lowest BCUT2D eigenvalue weighted by molar-refractivity contribution is 0.415. The van der Waals surface area contributed by atoms with Gasteiger partial charge in [-0.3, -0.25) is 9.36 Å². The number of methoxy groups -OCH3 is 1. The van der Waals surface area contributed by atoms with E-state index in [0.29, 0.717) is 22.1 Å². The SMILES string of the molecule is COc1ccc(-c2cc(-n3cncn3)n(-c3cccc(Cl)c3)c(=O)c2Cn2cncn2)cc1. The number of aromatic nitrogens is 7. The van der Waals surface area contributed by atoms with Crippen molar-refractivity contribution in [3.05, 3.63) is 101 Å². The Morgan fingerprint density at radius 2 is 1.76 bits per heavy atom. The summed E-state index contributed by atoms with van der Waals surface area (Å²) in [6.07, 6.45) is 5.98. The number of hydrogen-bond donors (Lipinski definition) is 0. The Labute approximate surface area is 193 Å². The van der Waals surface area contributed by atoms with Gasteiger partial charge in [-0.25, -0.2) is 19.3 Å². The molecule has 0 unspecified atom stereocenters. The normalized spacial score (nSPS) is 11.0. The molecule has 0 aliphatic rings. The van der Waals surface area contributed by atoms with Crippen molar-refractivity contribution in [1.29, 1.82) is 0 Å². The third kappa shape index (κ3) is 4.01. The minimum Gasteiger partial charge on any atom is -0.497 e. The molecule has 0 N–H and O–H groups in total. The minimum absolute atomic E-state index is 0.230. The lowest BCUT2D eigenvalue weighted by atomic mass is 10.0. The van der Waals surface area contributed by atoms with Crippen LogP contribution < -0.4 is 10.3 Å². The molecule has 3 aromatic heterocycles. The molecule has 0 bridgehead atoms. The highest BCUT2D eigenvalue weighted by Crippen LogP contribution is 2.28. The van der Waals surface area contributed by atoms with Crippen LogP contribution in [0, 0.1) is 0 Å². The smallest absolute Gasteiger partial charge is 0.262 e. The third-order valence-electron chi connectivity index (χ3n) is 5.20. The van der Waals surface area contributed by atoms with Gasteiger partial charge >= 0.3 is 0 Å². The zero-order valence-electron chi connectivity index (χ0n) is 17.5. The highest BCUT2D eigenvalue weighted by molar-refractivity contribution is 6.30. The Hall–Kier alpha value is -4.24. The Morgan fingerprint density at radius 3 is 2.42 bits per heavy atom. The van der Waals surface area contributed by atoms with Gasteiger partial charge in [0.25, 0.3) is 5.56 Å². The molecule has 5 rings (SSSR count). The van der Waals surface area contributed by atoms with Crippen molar-refractivity contribution < 1.29 is 4.74 Å². The fourth-order valence-electron chi connectivity index (χ4n) is 3.65. The van der Waals surface area contributed by atoms with E-state index in [1.807, 2.05) is 36.4 Å². The van der Waals surface area contributed by atoms with Gasteiger partial charge in [0.1, 0.15) is 36.9 Å². The number of pyridine rings is 1. The maximum atomic E-state index is 14.0. The number of ether oxygens (including phenoxy) is 1. The van der Waals surface area contributed by atoms with Crippen molar-refractivity contribution >= 4 is 11.6 Å². The molecule has 0 amide bonds. The van der Waals surface area contributed by atoms with Crippen LogP contribution >= 0.6 is 11.6 Å². The first-order valence-electron chi connectivity index (χ1n) is 10.0. The quantitative estimate of drug-likeness (QED) is 0.386. The van der Waals surface area contributed by atoms with Crippen molar-refractivity contribution in [3.8, 4) is 28.4 Å². The highest BCUT2D eigenvalue weighted by Gasteiger charge is 2.20. The molecule has 0 aliphatic carbocycles. The van der Waals surface area contributed by atoms with Gasteiger partial charge in [-0.05, 0) is 47.5 Å². The fourth-order valence-corrected chi connectivity index (χ4v) is 3.84. The molecule has 9 nitrogen and oxygen atoms in total. The summed E-state index contributed by atoms with van der Waals surface area (Å²) in [5, 5.41) is 8.98. The van der Waals surface area contributed by atoms with Crippen LogP contribution in [-0.2, 0) is 6.54 Å². The summed E-state index contributed by atoms with van der Waals surface area (Å²) < 4.78 is 10.0. The molecule has 0 saturated carbocycles. The molecule has 0 fully saturated rings. The molecule has 0 radical (unpaired) electrons. The van der Waals surface area contributed by atoms with E-state index in [-0.39, 0.29) is 12.1 Å². The molecule has 0 atom stereocenters. The zero-order chi connectivity index (χ0) is 22.8. The van der Waals surface area contributed by atoms with E-state index in [9.17, 15) is 4.79 Å². The third-order valence-corrected chi connectivity index (χ3v) is 5.43. The van der Waals surface area contributed by atoms with Gasteiger partial charge in [0.05, 0.1) is 19.3 Å². The first-order chi connectivity index (χ1) is 16.1. The van der Waals surface area contributed by atoms with Crippen LogP contribution in [-0.4, -0.2) is 41.2 Å². The summed E-state index contributed by atoms with van der Waals surface area (Å²) in [6.45, 7) is 0.235. The van der Waals surface area contributed by atoms with Crippen LogP contribution in [0.25, 0.3) is 22.6 Å². The molecule has 0 aliphatic heterocycles. The average molecular weight is 460 g/mol. The van der Waals surface area contributed by atoms with Gasteiger partial charge in [-0.2, -0.15) is 10.2 Å². The molecule has 164 valence electrons. The number of benzene rings is 2. The number of rotatable bonds is 6. The van der Waals surface area contributed by atoms with E-state index in [0.717, 1.165) is 16.9 Å². The van der Waals surface area contributed by atoms with Crippen molar-refractivity contribution in [2.75, 3.05) is 7.11 Å². The summed E-state index contributed by atoms with van der Waals surface area (Å²) in [7, 11) is 1.61. The van der Waals surface area contributed by atoms with E-state index in [1.54, 1.807) is 51.9 Å². The van der Waals surface area contributed by atoms with E-state index < -0.39 is 0 Å². The van der Waals surface area contributed by atoms with E-state index in [1.165, 1.54) is 12.7 Å². The maximum absolute atomic E-state index is 14.0. The minimum atomic E-state index is -0.230. The highest BCUT2D eigenvalue weighted by atomic mass is 35.5. The monoisotopic (exact) mass is 459 g/mol. The molecule has 3 heterocycles. The first-order valence-corrected chi connectivity index (χ1v) is 10.4. The number of hydrogen-bond acceptors (Lipinski definition) is 6. The fraction of sp³-hybridized carbons (Fsp3) is 0.0870. The first kappa shape index (κ1) is 20.7. The van der Waals surface area contributed by atoms with Crippen LogP contribution in [0.15, 0.2) is 84.7 Å². The largest absolute Gasteiger partial charge is 0.497 e. The topological polar surface area (TPSA) is 92.7 Å². The van der Waals surface area contributed by atoms with Gasteiger partial charge in [0, 0.05) is 10.6 Å². The molecular formula is C23H18ClN7O2. The molecule has 33 heavy (non-hydrogen) atoms. The lowest BCUT2D eigenvalue weighted by Gasteiger charge is -2.18. The maximum Gasteiger partial charge on any atom is 0.262 e. The van der Waals surface area contributed by atoms with E-state index in [2.05, 4.69) is 20.2 Å². The molecular weight excluding hydrogens is 442 g/mol. The Kier molecular flexibility index (Phi) is 5.45. The predicted octanol–water partition coefficient (Wildman–Crippen LogP) is 3.39. The molecule has 0 saturated heterocycles. The summed E-state index contributed by atoms with van der Waals surface area (Å²) in [5.41, 5.74) is 2.50. The standard InChI is InChI=1S/C23H18ClN7O2/c1-33-19-7-5-16(6-8-19)20-10-22(30-15-26-13-28-30)31(18-4-2-3-17(24)9-18)23(32)21(20)11-29-14-25-12-27-29/h2-10,12-15H,11H2,1H3. The Morgan fingerprint density at radius 1 is 0.970 bits per heavy atom. The van der Waals surface area contributed by atoms with Gasteiger partial charge in [-0.1, -0.05) is 29.8 Å². The lowest BCUT2D eigenvalue weighted by Crippen LogP contribution is -2.28. The summed E-state index contributed by atoms with van der Waals surface area (Å²) in [5.74, 6) is 1.24. The molecule has 0 spiro atoms. The molecule has 10 heteroatoms. The van der Waals surface area contributed by atoms with Gasteiger partial charge in [-0.15, -0.1) is 0 Å². The zero-order valence-corrected chi connectivity index (χ0v) is 18.3. The molecule has 2 aromatic carbocycles. The number of halogens is 1. The summed E-state index contributed by atoms with van der Waals surface area (Å²) in [4.78, 5) is 22.1. The van der Waals surface area contributed by atoms with Gasteiger partial charge < -0.3 is 4.74 Å².